The zero-order chi connectivity index (χ0) is 38.0. The van der Waals surface area contributed by atoms with Crippen LogP contribution in [0.5, 0.6) is 0 Å². The molecule has 0 heterocycles. The average molecular weight is 733 g/mol. The van der Waals surface area contributed by atoms with Crippen molar-refractivity contribution < 1.29 is 4.48 Å². The smallest absolute Gasteiger partial charge is 0.104 e. The summed E-state index contributed by atoms with van der Waals surface area (Å²) >= 11 is 0. The third-order valence-corrected chi connectivity index (χ3v) is 11.5. The van der Waals surface area contributed by atoms with E-state index >= 15 is 0 Å². The summed E-state index contributed by atoms with van der Waals surface area (Å²) in [5.41, 5.74) is 1.56. The van der Waals surface area contributed by atoms with Gasteiger partial charge in [0.25, 0.3) is 0 Å². The maximum atomic E-state index is 2.45. The molecule has 53 heavy (non-hydrogen) atoms. The summed E-state index contributed by atoms with van der Waals surface area (Å²) in [6, 6.07) is 11.5. The lowest BCUT2D eigenvalue weighted by molar-refractivity contribution is -0.941. The molecule has 1 heteroatoms. The first-order valence-electron chi connectivity index (χ1n) is 24.1. The van der Waals surface area contributed by atoms with E-state index in [4.69, 9.17) is 0 Å². The van der Waals surface area contributed by atoms with Gasteiger partial charge in [0.2, 0.25) is 0 Å². The molecule has 0 aliphatic heterocycles. The Morgan fingerprint density at radius 2 is 0.585 bits per heavy atom. The topological polar surface area (TPSA) is 0 Å². The summed E-state index contributed by atoms with van der Waals surface area (Å²) in [4.78, 5) is 0. The van der Waals surface area contributed by atoms with Crippen molar-refractivity contribution in [1.82, 2.24) is 0 Å². The first-order chi connectivity index (χ1) is 26.3. The van der Waals surface area contributed by atoms with Crippen LogP contribution >= 0.6 is 0 Å². The molecule has 0 aliphatic carbocycles. The maximum Gasteiger partial charge on any atom is 0.104 e. The summed E-state index contributed by atoms with van der Waals surface area (Å²) in [7, 11) is 0. The number of rotatable bonds is 41. The Hall–Kier alpha value is -1.60. The lowest BCUT2D eigenvalue weighted by Crippen LogP contribution is -2.49. The number of unbranched alkanes of at least 4 members (excludes halogenated alkanes) is 27. The van der Waals surface area contributed by atoms with E-state index in [1.165, 1.54) is 243 Å². The number of hydrogen-bond acceptors (Lipinski definition) is 0. The van der Waals surface area contributed by atoms with E-state index in [1.54, 1.807) is 5.56 Å². The van der Waals surface area contributed by atoms with Crippen LogP contribution in [-0.4, -0.2) is 24.1 Å². The monoisotopic (exact) mass is 733 g/mol. The van der Waals surface area contributed by atoms with Crippen molar-refractivity contribution in [2.24, 2.45) is 0 Å². The van der Waals surface area contributed by atoms with Crippen LogP contribution in [0.4, 0.5) is 0 Å². The Morgan fingerprint density at radius 3 is 0.887 bits per heavy atom. The van der Waals surface area contributed by atoms with Gasteiger partial charge in [-0.3, -0.25) is 0 Å². The van der Waals surface area contributed by atoms with Crippen molar-refractivity contribution >= 4 is 0 Å². The number of nitrogens with zero attached hydrogens (tertiary/aromatic N) is 1. The fraction of sp³-hybridized carbons (Fsp3) is 0.769. The van der Waals surface area contributed by atoms with Crippen molar-refractivity contribution in [3.63, 3.8) is 0 Å². The van der Waals surface area contributed by atoms with Gasteiger partial charge in [0.05, 0.1) is 19.6 Å². The third kappa shape index (κ3) is 33.5. The molecule has 1 rings (SSSR count). The van der Waals surface area contributed by atoms with Crippen LogP contribution in [0, 0.1) is 0 Å². The zero-order valence-corrected chi connectivity index (χ0v) is 36.5. The number of quaternary nitrogens is 1. The lowest BCUT2D eigenvalue weighted by atomic mass is 10.0. The second-order valence-electron chi connectivity index (χ2n) is 16.8. The molecule has 1 aromatic carbocycles. The van der Waals surface area contributed by atoms with Gasteiger partial charge in [0.1, 0.15) is 6.54 Å². The summed E-state index contributed by atoms with van der Waals surface area (Å²) in [5, 5.41) is 0. The fourth-order valence-corrected chi connectivity index (χ4v) is 8.04. The number of hydrogen-bond donors (Lipinski definition) is 0. The van der Waals surface area contributed by atoms with Crippen LogP contribution < -0.4 is 0 Å². The van der Waals surface area contributed by atoms with E-state index in [2.05, 4.69) is 87.6 Å². The summed E-state index contributed by atoms with van der Waals surface area (Å²) in [6.07, 6.45) is 60.0. The molecular weight excluding hydrogens is 639 g/mol. The molecule has 0 N–H and O–H groups in total. The predicted molar refractivity (Wildman–Crippen MR) is 242 cm³/mol. The standard InChI is InChI=1S/C52H94N/c1-4-7-10-13-16-19-22-25-28-31-34-37-43-48-53(51-52-46-41-40-42-47-52,49-44-38-35-32-29-26-23-20-17-14-11-8-5-2)50-45-39-36-33-30-27-24-21-18-15-12-9-6-3/h16-21,40-42,46-47H,4-15,22-39,43-45,48-51H2,1-3H3/q+1/b19-16+,20-17+,21-18+. The average Bonchev–Trinajstić information content (AvgIpc) is 3.17. The predicted octanol–water partition coefficient (Wildman–Crippen LogP) is 17.6. The van der Waals surface area contributed by atoms with Crippen molar-refractivity contribution in [3.05, 3.63) is 72.4 Å². The normalized spacial score (nSPS) is 12.4. The van der Waals surface area contributed by atoms with E-state index in [9.17, 15) is 0 Å². The Bertz CT molecular complexity index is 837. The highest BCUT2D eigenvalue weighted by Crippen LogP contribution is 2.23. The molecule has 0 bridgehead atoms. The minimum absolute atomic E-state index is 1.24. The molecular formula is C52H94N+. The lowest BCUT2D eigenvalue weighted by Gasteiger charge is -2.39. The van der Waals surface area contributed by atoms with Crippen LogP contribution in [0.1, 0.15) is 238 Å². The summed E-state index contributed by atoms with van der Waals surface area (Å²) < 4.78 is 1.33. The first kappa shape index (κ1) is 49.4. The van der Waals surface area contributed by atoms with E-state index in [0.717, 1.165) is 0 Å². The zero-order valence-electron chi connectivity index (χ0n) is 36.5. The minimum Gasteiger partial charge on any atom is -0.320 e. The van der Waals surface area contributed by atoms with Crippen molar-refractivity contribution in [2.45, 2.75) is 239 Å². The van der Waals surface area contributed by atoms with E-state index in [-0.39, 0.29) is 0 Å². The molecule has 0 spiro atoms. The van der Waals surface area contributed by atoms with Gasteiger partial charge >= 0.3 is 0 Å². The quantitative estimate of drug-likeness (QED) is 0.0357. The Balaban J connectivity index is 2.56. The molecule has 0 saturated carbocycles. The molecule has 1 aromatic rings. The molecule has 0 atom stereocenters. The van der Waals surface area contributed by atoms with Crippen LogP contribution in [-0.2, 0) is 6.54 Å². The highest BCUT2D eigenvalue weighted by atomic mass is 15.3. The molecule has 306 valence electrons. The maximum absolute atomic E-state index is 2.45. The van der Waals surface area contributed by atoms with Gasteiger partial charge in [-0.1, -0.05) is 184 Å². The largest absolute Gasteiger partial charge is 0.320 e. The molecule has 0 aliphatic rings. The number of benzene rings is 1. The summed E-state index contributed by atoms with van der Waals surface area (Å²) in [5.74, 6) is 0. The first-order valence-corrected chi connectivity index (χ1v) is 24.1. The van der Waals surface area contributed by atoms with Crippen LogP contribution in [0.25, 0.3) is 0 Å². The van der Waals surface area contributed by atoms with Gasteiger partial charge in [-0.25, -0.2) is 0 Å². The van der Waals surface area contributed by atoms with E-state index in [0.29, 0.717) is 0 Å². The Labute approximate surface area is 334 Å². The van der Waals surface area contributed by atoms with Crippen molar-refractivity contribution in [3.8, 4) is 0 Å². The molecule has 1 nitrogen and oxygen atoms in total. The third-order valence-electron chi connectivity index (χ3n) is 11.5. The molecule has 0 aromatic heterocycles. The van der Waals surface area contributed by atoms with E-state index in [1.807, 2.05) is 0 Å². The molecule has 0 amide bonds. The Morgan fingerprint density at radius 1 is 0.321 bits per heavy atom. The van der Waals surface area contributed by atoms with Gasteiger partial charge in [-0.15, -0.1) is 0 Å². The van der Waals surface area contributed by atoms with Crippen LogP contribution in [0.3, 0.4) is 0 Å². The number of allylic oxidation sites excluding steroid dienone is 6. The molecule has 0 saturated heterocycles. The van der Waals surface area contributed by atoms with Gasteiger partial charge in [-0.05, 0) is 116 Å². The highest BCUT2D eigenvalue weighted by molar-refractivity contribution is 5.13. The van der Waals surface area contributed by atoms with Crippen LogP contribution in [0.2, 0.25) is 0 Å². The SMILES string of the molecule is CCCCC/C=C/CCCCCCCC[N+](CCCCCCCC/C=C/CCCCC)(CCCCCCCC/C=C/CCCCC)Cc1ccccc1. The van der Waals surface area contributed by atoms with E-state index < -0.39 is 0 Å². The van der Waals surface area contributed by atoms with Gasteiger partial charge in [-0.2, -0.15) is 0 Å². The van der Waals surface area contributed by atoms with Crippen molar-refractivity contribution in [1.29, 1.82) is 0 Å². The van der Waals surface area contributed by atoms with Gasteiger partial charge in [0.15, 0.2) is 0 Å². The second-order valence-corrected chi connectivity index (χ2v) is 16.8. The Kier molecular flexibility index (Phi) is 37.4. The molecule has 0 unspecified atom stereocenters. The van der Waals surface area contributed by atoms with Crippen LogP contribution in [0.15, 0.2) is 66.8 Å². The van der Waals surface area contributed by atoms with Gasteiger partial charge < -0.3 is 4.48 Å². The minimum atomic E-state index is 1.24. The van der Waals surface area contributed by atoms with Crippen molar-refractivity contribution in [2.75, 3.05) is 19.6 Å². The highest BCUT2D eigenvalue weighted by Gasteiger charge is 2.26. The van der Waals surface area contributed by atoms with Gasteiger partial charge in [0, 0.05) is 5.56 Å². The molecule has 0 fully saturated rings. The molecule has 0 radical (unpaired) electrons. The second kappa shape index (κ2) is 40.1. The summed E-state index contributed by atoms with van der Waals surface area (Å²) in [6.45, 7) is 12.3. The fourth-order valence-electron chi connectivity index (χ4n) is 8.04.